The molecule has 0 aromatic heterocycles. The number of halogens is 1. The number of carbonyl (C=O) groups is 1. The van der Waals surface area contributed by atoms with Crippen molar-refractivity contribution in [2.45, 2.75) is 45.4 Å². The van der Waals surface area contributed by atoms with Gasteiger partial charge in [0.25, 0.3) is 10.0 Å². The summed E-state index contributed by atoms with van der Waals surface area (Å²) in [6, 6.07) is 17.5. The van der Waals surface area contributed by atoms with Crippen LogP contribution in [0.25, 0.3) is 0 Å². The topological polar surface area (TPSA) is 66.5 Å². The van der Waals surface area contributed by atoms with Crippen LogP contribution in [0.3, 0.4) is 0 Å². The number of sulfonamides is 1. The zero-order valence-corrected chi connectivity index (χ0v) is 20.9. The van der Waals surface area contributed by atoms with Gasteiger partial charge in [0.05, 0.1) is 10.6 Å². The van der Waals surface area contributed by atoms with Gasteiger partial charge >= 0.3 is 0 Å². The number of nitrogens with zero attached hydrogens (tertiary/aromatic N) is 1. The predicted molar refractivity (Wildman–Crippen MR) is 136 cm³/mol. The average molecular weight is 485 g/mol. The Balaban J connectivity index is 2.01. The highest BCUT2D eigenvalue weighted by atomic mass is 35.5. The molecule has 33 heavy (non-hydrogen) atoms. The third-order valence-corrected chi connectivity index (χ3v) is 7.80. The molecule has 3 aromatic rings. The average Bonchev–Trinajstić information content (AvgIpc) is 2.79. The molecule has 0 saturated carbocycles. The van der Waals surface area contributed by atoms with E-state index in [0.717, 1.165) is 45.1 Å². The van der Waals surface area contributed by atoms with Crippen molar-refractivity contribution < 1.29 is 13.2 Å². The number of carbonyl (C=O) groups excluding carboxylic acids is 1. The first-order valence-corrected chi connectivity index (χ1v) is 12.7. The van der Waals surface area contributed by atoms with E-state index in [1.807, 2.05) is 45.9 Å². The van der Waals surface area contributed by atoms with Crippen LogP contribution in [-0.2, 0) is 27.7 Å². The molecule has 0 spiro atoms. The minimum absolute atomic E-state index is 0.112. The molecule has 0 aliphatic carbocycles. The maximum atomic E-state index is 13.6. The molecule has 1 N–H and O–H groups in total. The molecular formula is C26H29ClN2O3S. The lowest BCUT2D eigenvalue weighted by Crippen LogP contribution is -2.38. The van der Waals surface area contributed by atoms with Crippen molar-refractivity contribution in [3.63, 3.8) is 0 Å². The molecule has 3 aromatic carbocycles. The molecule has 0 unspecified atom stereocenters. The van der Waals surface area contributed by atoms with Gasteiger partial charge in [-0.05, 0) is 67.6 Å². The van der Waals surface area contributed by atoms with Crippen molar-refractivity contribution in [3.8, 4) is 0 Å². The van der Waals surface area contributed by atoms with Crippen LogP contribution in [0.2, 0.25) is 5.02 Å². The number of aryl methyl sites for hydroxylation is 4. The van der Waals surface area contributed by atoms with Gasteiger partial charge in [-0.3, -0.25) is 9.10 Å². The van der Waals surface area contributed by atoms with Crippen molar-refractivity contribution >= 4 is 38.9 Å². The lowest BCUT2D eigenvalue weighted by atomic mass is 10.0. The number of benzene rings is 3. The van der Waals surface area contributed by atoms with Crippen molar-refractivity contribution in [2.24, 2.45) is 0 Å². The Kier molecular flexibility index (Phi) is 7.82. The second-order valence-electron chi connectivity index (χ2n) is 7.96. The number of hydrogen-bond acceptors (Lipinski definition) is 3. The van der Waals surface area contributed by atoms with Crippen LogP contribution in [0.15, 0.2) is 65.6 Å². The van der Waals surface area contributed by atoms with E-state index in [-0.39, 0.29) is 11.4 Å². The SMILES string of the molecule is CCc1cccc(CC)c1NC(=O)CN(c1ccc(C)c(Cl)c1)S(=O)(=O)c1ccc(C)cc1. The fourth-order valence-electron chi connectivity index (χ4n) is 3.60. The molecule has 0 aliphatic rings. The molecule has 0 heterocycles. The van der Waals surface area contributed by atoms with Crippen molar-refractivity contribution in [1.82, 2.24) is 0 Å². The van der Waals surface area contributed by atoms with Crippen molar-refractivity contribution in [1.29, 1.82) is 0 Å². The number of amides is 1. The minimum atomic E-state index is -4.01. The number of nitrogens with one attached hydrogen (secondary N) is 1. The Bertz CT molecular complexity index is 1230. The molecule has 1 amide bonds. The lowest BCUT2D eigenvalue weighted by molar-refractivity contribution is -0.114. The molecule has 0 radical (unpaired) electrons. The highest BCUT2D eigenvalue weighted by Gasteiger charge is 2.28. The summed E-state index contributed by atoms with van der Waals surface area (Å²) >= 11 is 6.30. The third kappa shape index (κ3) is 5.57. The van der Waals surface area contributed by atoms with E-state index in [0.29, 0.717) is 10.7 Å². The largest absolute Gasteiger partial charge is 0.324 e. The standard InChI is InChI=1S/C26H29ClN2O3S/c1-5-20-8-7-9-21(6-2)26(20)28-25(30)17-29(22-13-12-19(4)24(27)16-22)33(31,32)23-14-10-18(3)11-15-23/h7-16H,5-6,17H2,1-4H3,(H,28,30). The van der Waals surface area contributed by atoms with Crippen molar-refractivity contribution in [3.05, 3.63) is 87.9 Å². The number of anilines is 2. The smallest absolute Gasteiger partial charge is 0.264 e. The molecule has 0 atom stereocenters. The van der Waals surface area contributed by atoms with Gasteiger partial charge in [-0.25, -0.2) is 8.42 Å². The zero-order valence-electron chi connectivity index (χ0n) is 19.4. The molecule has 0 bridgehead atoms. The van der Waals surface area contributed by atoms with Gasteiger partial charge in [0.2, 0.25) is 5.91 Å². The van der Waals surface area contributed by atoms with E-state index >= 15 is 0 Å². The second-order valence-corrected chi connectivity index (χ2v) is 10.2. The first-order chi connectivity index (χ1) is 15.7. The van der Waals surface area contributed by atoms with Crippen LogP contribution in [0.4, 0.5) is 11.4 Å². The van der Waals surface area contributed by atoms with E-state index in [9.17, 15) is 13.2 Å². The zero-order chi connectivity index (χ0) is 24.2. The first kappa shape index (κ1) is 24.8. The second kappa shape index (κ2) is 10.4. The summed E-state index contributed by atoms with van der Waals surface area (Å²) < 4.78 is 28.3. The van der Waals surface area contributed by atoms with Gasteiger partial charge in [0.1, 0.15) is 6.54 Å². The van der Waals surface area contributed by atoms with Crippen molar-refractivity contribution in [2.75, 3.05) is 16.2 Å². The molecule has 5 nitrogen and oxygen atoms in total. The fourth-order valence-corrected chi connectivity index (χ4v) is 5.19. The van der Waals surface area contributed by atoms with Gasteiger partial charge in [0, 0.05) is 10.7 Å². The molecule has 7 heteroatoms. The Morgan fingerprint density at radius 1 is 0.939 bits per heavy atom. The maximum Gasteiger partial charge on any atom is 0.264 e. The highest BCUT2D eigenvalue weighted by molar-refractivity contribution is 7.92. The molecule has 174 valence electrons. The number of rotatable bonds is 8. The first-order valence-electron chi connectivity index (χ1n) is 10.9. The summed E-state index contributed by atoms with van der Waals surface area (Å²) in [5.41, 5.74) is 4.87. The maximum absolute atomic E-state index is 13.6. The Morgan fingerprint density at radius 3 is 2.09 bits per heavy atom. The van der Waals surface area contributed by atoms with Crippen LogP contribution in [0, 0.1) is 13.8 Å². The van der Waals surface area contributed by atoms with Gasteiger partial charge in [-0.15, -0.1) is 0 Å². The van der Waals surface area contributed by atoms with Crippen LogP contribution < -0.4 is 9.62 Å². The summed E-state index contributed by atoms with van der Waals surface area (Å²) in [4.78, 5) is 13.3. The van der Waals surface area contributed by atoms with E-state index < -0.39 is 15.9 Å². The van der Waals surface area contributed by atoms with Crippen LogP contribution in [-0.4, -0.2) is 20.9 Å². The Hall–Kier alpha value is -2.83. The Morgan fingerprint density at radius 2 is 1.55 bits per heavy atom. The van der Waals surface area contributed by atoms with E-state index in [4.69, 9.17) is 11.6 Å². The van der Waals surface area contributed by atoms with Gasteiger partial charge in [-0.2, -0.15) is 0 Å². The quantitative estimate of drug-likeness (QED) is 0.431. The fraction of sp³-hybridized carbons (Fsp3) is 0.269. The summed E-state index contributed by atoms with van der Waals surface area (Å²) in [5, 5.41) is 3.39. The van der Waals surface area contributed by atoms with Gasteiger partial charge in [0.15, 0.2) is 0 Å². The molecular weight excluding hydrogens is 456 g/mol. The van der Waals surface area contributed by atoms with E-state index in [2.05, 4.69) is 5.32 Å². The molecule has 0 aliphatic heterocycles. The van der Waals surface area contributed by atoms with Crippen LogP contribution in [0.1, 0.15) is 36.1 Å². The highest BCUT2D eigenvalue weighted by Crippen LogP contribution is 2.29. The monoisotopic (exact) mass is 484 g/mol. The summed E-state index contributed by atoms with van der Waals surface area (Å²) in [5.74, 6) is -0.419. The number of hydrogen-bond donors (Lipinski definition) is 1. The molecule has 0 fully saturated rings. The van der Waals surface area contributed by atoms with Crippen LogP contribution in [0.5, 0.6) is 0 Å². The summed E-state index contributed by atoms with van der Waals surface area (Å²) in [6.45, 7) is 7.39. The number of para-hydroxylation sites is 1. The normalized spacial score (nSPS) is 11.3. The van der Waals surface area contributed by atoms with Gasteiger partial charge in [-0.1, -0.05) is 67.4 Å². The summed E-state index contributed by atoms with van der Waals surface area (Å²) in [7, 11) is -4.01. The van der Waals surface area contributed by atoms with E-state index in [1.165, 1.54) is 0 Å². The minimum Gasteiger partial charge on any atom is -0.324 e. The molecule has 3 rings (SSSR count). The summed E-state index contributed by atoms with van der Waals surface area (Å²) in [6.07, 6.45) is 1.50. The third-order valence-electron chi connectivity index (χ3n) is 5.60. The van der Waals surface area contributed by atoms with Gasteiger partial charge < -0.3 is 5.32 Å². The predicted octanol–water partition coefficient (Wildman–Crippen LogP) is 5.92. The van der Waals surface area contributed by atoms with E-state index in [1.54, 1.807) is 42.5 Å². The Labute approximate surface area is 201 Å². The molecule has 0 saturated heterocycles. The van der Waals surface area contributed by atoms with Crippen LogP contribution >= 0.6 is 11.6 Å². The lowest BCUT2D eigenvalue weighted by Gasteiger charge is -2.25.